The molecule has 6 heteroatoms. The van der Waals surface area contributed by atoms with Crippen molar-refractivity contribution in [3.8, 4) is 33.6 Å². The molecule has 0 unspecified atom stereocenters. The van der Waals surface area contributed by atoms with E-state index in [4.69, 9.17) is 8.83 Å². The van der Waals surface area contributed by atoms with Crippen LogP contribution in [0.1, 0.15) is 0 Å². The van der Waals surface area contributed by atoms with Crippen molar-refractivity contribution in [1.29, 1.82) is 0 Å². The fraction of sp³-hybridized carbons (Fsp3) is 0. The van der Waals surface area contributed by atoms with Crippen LogP contribution in [0.4, 0.5) is 17.1 Å². The van der Waals surface area contributed by atoms with Gasteiger partial charge in [0.2, 0.25) is 0 Å². The van der Waals surface area contributed by atoms with Gasteiger partial charge in [-0.2, -0.15) is 0 Å². The molecule has 280 valence electrons. The van der Waals surface area contributed by atoms with Crippen molar-refractivity contribution in [2.45, 2.75) is 0 Å². The summed E-state index contributed by atoms with van der Waals surface area (Å²) >= 11 is 0. The van der Waals surface area contributed by atoms with Crippen molar-refractivity contribution in [2.24, 2.45) is 0 Å². The summed E-state index contributed by atoms with van der Waals surface area (Å²) in [4.78, 5) is 2.30. The molecule has 0 aliphatic carbocycles. The van der Waals surface area contributed by atoms with Gasteiger partial charge < -0.3 is 22.9 Å². The SMILES string of the molecule is c1ccc(-c2ccc3c(c2)B2c4cc(-c5ccccc5)ccc4-n4c5ccccc5oc5c(N(c6ccccc6)c6ccccc6)c6oc7ccccc7n-3c6c2c54)cc1. The minimum atomic E-state index is -0.156. The fourth-order valence-corrected chi connectivity index (χ4v) is 9.85. The van der Waals surface area contributed by atoms with Crippen molar-refractivity contribution >= 4 is 84.6 Å². The van der Waals surface area contributed by atoms with E-state index < -0.39 is 0 Å². The molecule has 5 nitrogen and oxygen atoms in total. The Balaban J connectivity index is 1.29. The highest BCUT2D eigenvalue weighted by molar-refractivity contribution is 7.00. The quantitative estimate of drug-likeness (QED) is 0.129. The first kappa shape index (κ1) is 33.1. The molecule has 0 saturated heterocycles. The van der Waals surface area contributed by atoms with Crippen LogP contribution in [0.25, 0.3) is 78.0 Å². The minimum absolute atomic E-state index is 0.156. The first-order valence-electron chi connectivity index (χ1n) is 20.5. The largest absolute Gasteiger partial charge is 0.451 e. The van der Waals surface area contributed by atoms with Crippen LogP contribution in [-0.2, 0) is 0 Å². The van der Waals surface area contributed by atoms with Gasteiger partial charge in [0.1, 0.15) is 5.69 Å². The highest BCUT2D eigenvalue weighted by Crippen LogP contribution is 2.48. The Kier molecular flexibility index (Phi) is 7.04. The third-order valence-corrected chi connectivity index (χ3v) is 12.4. The molecule has 9 aromatic carbocycles. The Hall–Kier alpha value is -7.96. The number of para-hydroxylation sites is 6. The van der Waals surface area contributed by atoms with E-state index in [2.05, 4.69) is 220 Å². The second-order valence-corrected chi connectivity index (χ2v) is 15.6. The van der Waals surface area contributed by atoms with Gasteiger partial charge in [0, 0.05) is 22.7 Å². The van der Waals surface area contributed by atoms with E-state index in [0.29, 0.717) is 0 Å². The monoisotopic (exact) mass is 767 g/mol. The predicted molar refractivity (Wildman–Crippen MR) is 247 cm³/mol. The Morgan fingerprint density at radius 1 is 0.383 bits per heavy atom. The van der Waals surface area contributed by atoms with Gasteiger partial charge in [-0.05, 0) is 99.3 Å². The van der Waals surface area contributed by atoms with Crippen LogP contribution in [-0.4, -0.2) is 15.8 Å². The van der Waals surface area contributed by atoms with E-state index in [1.807, 2.05) is 0 Å². The van der Waals surface area contributed by atoms with Crippen molar-refractivity contribution in [3.63, 3.8) is 0 Å². The number of hydrogen-bond donors (Lipinski definition) is 0. The number of anilines is 3. The standard InChI is InChI=1S/C54H34BN3O2/c1-5-17-35(18-6-1)37-29-31-43-41(33-37)55-42-34-38(36-19-7-2-8-20-36)30-32-44(42)58-46-26-14-16-28-48(46)60-54-51(58)49(55)50-53(59-47-27-15-13-25-45(47)57(43)50)52(54)56(39-21-9-3-10-22-39)40-23-11-4-12-24-40/h1-34H. The normalized spacial score (nSPS) is 12.3. The molecule has 0 radical (unpaired) electrons. The fourth-order valence-electron chi connectivity index (χ4n) is 9.85. The lowest BCUT2D eigenvalue weighted by molar-refractivity contribution is 0.640. The van der Waals surface area contributed by atoms with Gasteiger partial charge in [-0.1, -0.05) is 146 Å². The van der Waals surface area contributed by atoms with Gasteiger partial charge in [0.15, 0.2) is 22.3 Å². The second kappa shape index (κ2) is 12.8. The lowest BCUT2D eigenvalue weighted by Gasteiger charge is -2.38. The molecular weight excluding hydrogens is 733 g/mol. The Labute approximate surface area is 346 Å². The van der Waals surface area contributed by atoms with E-state index in [-0.39, 0.29) is 6.71 Å². The van der Waals surface area contributed by atoms with Gasteiger partial charge in [-0.15, -0.1) is 0 Å². The van der Waals surface area contributed by atoms with E-state index >= 15 is 0 Å². The van der Waals surface area contributed by atoms with Crippen LogP contribution in [0, 0.1) is 0 Å². The summed E-state index contributed by atoms with van der Waals surface area (Å²) in [5.41, 5.74) is 20.5. The number of fused-ring (bicyclic) bond motifs is 10. The molecule has 4 heterocycles. The van der Waals surface area contributed by atoms with Gasteiger partial charge in [-0.3, -0.25) is 0 Å². The maximum atomic E-state index is 7.35. The highest BCUT2D eigenvalue weighted by atomic mass is 16.3. The molecular formula is C54H34BN3O2. The molecule has 0 atom stereocenters. The second-order valence-electron chi connectivity index (χ2n) is 15.6. The molecule has 2 aromatic heterocycles. The number of rotatable bonds is 5. The average Bonchev–Trinajstić information content (AvgIpc) is 3.32. The van der Waals surface area contributed by atoms with Crippen LogP contribution in [0.15, 0.2) is 215 Å². The van der Waals surface area contributed by atoms with Crippen LogP contribution in [0.2, 0.25) is 0 Å². The third kappa shape index (κ3) is 4.70. The maximum Gasteiger partial charge on any atom is 0.252 e. The molecule has 13 rings (SSSR count). The zero-order valence-electron chi connectivity index (χ0n) is 32.4. The summed E-state index contributed by atoms with van der Waals surface area (Å²) in [5, 5.41) is 0. The van der Waals surface area contributed by atoms with E-state index in [1.54, 1.807) is 0 Å². The van der Waals surface area contributed by atoms with Crippen molar-refractivity contribution < 1.29 is 8.83 Å². The number of benzene rings is 9. The zero-order chi connectivity index (χ0) is 39.3. The molecule has 60 heavy (non-hydrogen) atoms. The number of nitrogens with zero attached hydrogens (tertiary/aromatic N) is 3. The van der Waals surface area contributed by atoms with Crippen molar-refractivity contribution in [2.75, 3.05) is 4.90 Å². The molecule has 0 saturated carbocycles. The first-order valence-corrected chi connectivity index (χ1v) is 20.5. The van der Waals surface area contributed by atoms with Gasteiger partial charge in [0.05, 0.1) is 22.1 Å². The van der Waals surface area contributed by atoms with Crippen molar-refractivity contribution in [3.05, 3.63) is 206 Å². The lowest BCUT2D eigenvalue weighted by Crippen LogP contribution is -2.60. The van der Waals surface area contributed by atoms with Crippen LogP contribution in [0.5, 0.6) is 0 Å². The molecule has 0 spiro atoms. The van der Waals surface area contributed by atoms with E-state index in [9.17, 15) is 0 Å². The summed E-state index contributed by atoms with van der Waals surface area (Å²) < 4.78 is 19.6. The molecule has 2 aliphatic rings. The smallest absolute Gasteiger partial charge is 0.252 e. The molecule has 0 fully saturated rings. The van der Waals surface area contributed by atoms with Gasteiger partial charge in [-0.25, -0.2) is 0 Å². The molecule has 0 bridgehead atoms. The summed E-state index contributed by atoms with van der Waals surface area (Å²) in [6.45, 7) is -0.156. The minimum Gasteiger partial charge on any atom is -0.451 e. The Morgan fingerprint density at radius 2 is 0.783 bits per heavy atom. The Bertz CT molecular complexity index is 3320. The summed E-state index contributed by atoms with van der Waals surface area (Å²) in [6.07, 6.45) is 0. The van der Waals surface area contributed by atoms with Gasteiger partial charge >= 0.3 is 0 Å². The van der Waals surface area contributed by atoms with Gasteiger partial charge in [0.25, 0.3) is 6.71 Å². The first-order chi connectivity index (χ1) is 29.8. The predicted octanol–water partition coefficient (Wildman–Crippen LogP) is 12.1. The molecule has 0 N–H and O–H groups in total. The number of hydrogen-bond acceptors (Lipinski definition) is 3. The maximum absolute atomic E-state index is 7.35. The van der Waals surface area contributed by atoms with Crippen LogP contribution >= 0.6 is 0 Å². The lowest BCUT2D eigenvalue weighted by atomic mass is 9.34. The van der Waals surface area contributed by atoms with Crippen molar-refractivity contribution in [1.82, 2.24) is 9.13 Å². The zero-order valence-corrected chi connectivity index (χ0v) is 32.4. The third-order valence-electron chi connectivity index (χ3n) is 12.4. The van der Waals surface area contributed by atoms with E-state index in [0.717, 1.165) is 78.3 Å². The Morgan fingerprint density at radius 3 is 1.23 bits per heavy atom. The summed E-state index contributed by atoms with van der Waals surface area (Å²) in [6, 6.07) is 73.4. The topological polar surface area (TPSA) is 39.4 Å². The molecule has 2 aliphatic heterocycles. The average molecular weight is 768 g/mol. The number of aromatic nitrogens is 2. The summed E-state index contributed by atoms with van der Waals surface area (Å²) in [5.74, 6) is 0. The summed E-state index contributed by atoms with van der Waals surface area (Å²) in [7, 11) is 0. The molecule has 11 aromatic rings. The van der Waals surface area contributed by atoms with Crippen LogP contribution in [0.3, 0.4) is 0 Å². The molecule has 0 amide bonds. The highest BCUT2D eigenvalue weighted by Gasteiger charge is 2.43. The van der Waals surface area contributed by atoms with E-state index in [1.165, 1.54) is 33.2 Å². The van der Waals surface area contributed by atoms with Crippen LogP contribution < -0.4 is 21.3 Å².